The Morgan fingerprint density at radius 3 is 2.52 bits per heavy atom. The second-order valence-electron chi connectivity index (χ2n) is 5.56. The fraction of sp³-hybridized carbons (Fsp3) is 0.588. The van der Waals surface area contributed by atoms with Crippen molar-refractivity contribution in [3.8, 4) is 5.75 Å². The molecular formula is C17H27NO3. The number of aryl methyl sites for hydroxylation is 1. The Morgan fingerprint density at radius 2 is 2.05 bits per heavy atom. The Labute approximate surface area is 127 Å². The van der Waals surface area contributed by atoms with Crippen molar-refractivity contribution in [2.24, 2.45) is 0 Å². The lowest BCUT2D eigenvalue weighted by molar-refractivity contribution is -0.136. The van der Waals surface area contributed by atoms with E-state index in [1.54, 1.807) is 14.0 Å². The molecule has 118 valence electrons. The summed E-state index contributed by atoms with van der Waals surface area (Å²) in [6.45, 7) is 9.82. The summed E-state index contributed by atoms with van der Waals surface area (Å²) in [7, 11) is 1.55. The summed E-state index contributed by atoms with van der Waals surface area (Å²) >= 11 is 0. The largest absolute Gasteiger partial charge is 0.490 e. The molecule has 0 spiro atoms. The van der Waals surface area contributed by atoms with E-state index in [0.717, 1.165) is 23.4 Å². The van der Waals surface area contributed by atoms with E-state index in [-0.39, 0.29) is 12.0 Å². The molecule has 0 saturated heterocycles. The monoisotopic (exact) mass is 293 g/mol. The lowest BCUT2D eigenvalue weighted by Crippen LogP contribution is -2.41. The van der Waals surface area contributed by atoms with Gasteiger partial charge in [-0.2, -0.15) is 0 Å². The minimum Gasteiger partial charge on any atom is -0.490 e. The predicted molar refractivity (Wildman–Crippen MR) is 85.9 cm³/mol. The highest BCUT2D eigenvalue weighted by atomic mass is 16.5. The van der Waals surface area contributed by atoms with Crippen LogP contribution in [0.5, 0.6) is 5.75 Å². The molecule has 0 aliphatic heterocycles. The second kappa shape index (κ2) is 7.46. The van der Waals surface area contributed by atoms with Crippen molar-refractivity contribution in [1.29, 1.82) is 0 Å². The van der Waals surface area contributed by atoms with Crippen LogP contribution in [0.2, 0.25) is 0 Å². The molecule has 0 fully saturated rings. The Morgan fingerprint density at radius 1 is 1.38 bits per heavy atom. The number of anilines is 1. The average Bonchev–Trinajstić information content (AvgIpc) is 2.48. The van der Waals surface area contributed by atoms with Crippen molar-refractivity contribution in [3.63, 3.8) is 0 Å². The maximum Gasteiger partial charge on any atom is 0.256 e. The molecule has 0 aliphatic carbocycles. The first kappa shape index (κ1) is 17.5. The second-order valence-corrected chi connectivity index (χ2v) is 5.56. The van der Waals surface area contributed by atoms with Gasteiger partial charge in [-0.3, -0.25) is 4.79 Å². The van der Waals surface area contributed by atoms with Crippen molar-refractivity contribution in [2.45, 2.75) is 59.2 Å². The van der Waals surface area contributed by atoms with Crippen LogP contribution in [0.3, 0.4) is 0 Å². The minimum atomic E-state index is -0.806. The van der Waals surface area contributed by atoms with Gasteiger partial charge in [-0.15, -0.1) is 0 Å². The summed E-state index contributed by atoms with van der Waals surface area (Å²) in [5, 5.41) is 2.90. The molecule has 0 heterocycles. The maximum absolute atomic E-state index is 12.2. The van der Waals surface area contributed by atoms with Gasteiger partial charge < -0.3 is 14.8 Å². The van der Waals surface area contributed by atoms with Crippen molar-refractivity contribution in [1.82, 2.24) is 0 Å². The van der Waals surface area contributed by atoms with Gasteiger partial charge in [-0.1, -0.05) is 13.8 Å². The first-order valence-electron chi connectivity index (χ1n) is 7.50. The molecule has 1 rings (SSSR count). The number of nitrogens with one attached hydrogen (secondary N) is 1. The third-order valence-electron chi connectivity index (χ3n) is 3.94. The fourth-order valence-electron chi connectivity index (χ4n) is 1.82. The molecule has 1 aromatic carbocycles. The molecule has 2 atom stereocenters. The van der Waals surface area contributed by atoms with Crippen LogP contribution >= 0.6 is 0 Å². The summed E-state index contributed by atoms with van der Waals surface area (Å²) in [4.78, 5) is 12.2. The van der Waals surface area contributed by atoms with Crippen molar-refractivity contribution in [3.05, 3.63) is 23.8 Å². The van der Waals surface area contributed by atoms with E-state index < -0.39 is 5.60 Å². The van der Waals surface area contributed by atoms with Crippen molar-refractivity contribution < 1.29 is 14.3 Å². The number of hydrogen-bond donors (Lipinski definition) is 1. The fourth-order valence-corrected chi connectivity index (χ4v) is 1.82. The van der Waals surface area contributed by atoms with Crippen molar-refractivity contribution in [2.75, 3.05) is 12.4 Å². The number of benzene rings is 1. The van der Waals surface area contributed by atoms with E-state index in [0.29, 0.717) is 6.42 Å². The number of amides is 1. The maximum atomic E-state index is 12.2. The lowest BCUT2D eigenvalue weighted by Gasteiger charge is -2.25. The highest BCUT2D eigenvalue weighted by Crippen LogP contribution is 2.25. The zero-order valence-corrected chi connectivity index (χ0v) is 13.9. The third kappa shape index (κ3) is 4.46. The van der Waals surface area contributed by atoms with Gasteiger partial charge in [0.1, 0.15) is 11.4 Å². The predicted octanol–water partition coefficient (Wildman–Crippen LogP) is 3.93. The zero-order chi connectivity index (χ0) is 16.0. The molecular weight excluding hydrogens is 266 g/mol. The van der Waals surface area contributed by atoms with E-state index in [4.69, 9.17) is 9.47 Å². The molecule has 4 nitrogen and oxygen atoms in total. The van der Waals surface area contributed by atoms with Gasteiger partial charge in [0.05, 0.1) is 6.10 Å². The number of ether oxygens (including phenoxy) is 2. The topological polar surface area (TPSA) is 47.6 Å². The van der Waals surface area contributed by atoms with E-state index in [9.17, 15) is 4.79 Å². The van der Waals surface area contributed by atoms with E-state index >= 15 is 0 Å². The minimum absolute atomic E-state index is 0.137. The summed E-state index contributed by atoms with van der Waals surface area (Å²) < 4.78 is 11.1. The summed E-state index contributed by atoms with van der Waals surface area (Å²) in [5.74, 6) is 0.717. The van der Waals surface area contributed by atoms with Gasteiger partial charge in [0.25, 0.3) is 5.91 Å². The highest BCUT2D eigenvalue weighted by Gasteiger charge is 2.30. The Kier molecular flexibility index (Phi) is 6.21. The molecule has 0 aromatic heterocycles. The SMILES string of the molecule is CC[C@H](C)Oc1ccc(NC(=O)[C@](C)(CC)OC)cc1C. The van der Waals surface area contributed by atoms with Crippen molar-refractivity contribution >= 4 is 11.6 Å². The van der Waals surface area contributed by atoms with Crippen LogP contribution in [-0.4, -0.2) is 24.7 Å². The normalized spacial score (nSPS) is 15.1. The first-order chi connectivity index (χ1) is 9.86. The summed E-state index contributed by atoms with van der Waals surface area (Å²) in [5.41, 5.74) is 0.953. The van der Waals surface area contributed by atoms with Crippen LogP contribution < -0.4 is 10.1 Å². The van der Waals surface area contributed by atoms with Gasteiger partial charge in [-0.05, 0) is 57.4 Å². The van der Waals surface area contributed by atoms with Crippen LogP contribution in [0.1, 0.15) is 46.1 Å². The summed E-state index contributed by atoms with van der Waals surface area (Å²) in [6.07, 6.45) is 1.76. The Bertz CT molecular complexity index is 481. The number of hydrogen-bond acceptors (Lipinski definition) is 3. The lowest BCUT2D eigenvalue weighted by atomic mass is 10.0. The number of carbonyl (C=O) groups excluding carboxylic acids is 1. The van der Waals surface area contributed by atoms with Crippen LogP contribution in [-0.2, 0) is 9.53 Å². The van der Waals surface area contributed by atoms with Crippen LogP contribution in [0.25, 0.3) is 0 Å². The van der Waals surface area contributed by atoms with Gasteiger partial charge in [0.2, 0.25) is 0 Å². The first-order valence-corrected chi connectivity index (χ1v) is 7.50. The van der Waals surface area contributed by atoms with E-state index in [2.05, 4.69) is 12.2 Å². The van der Waals surface area contributed by atoms with Gasteiger partial charge in [-0.25, -0.2) is 0 Å². The molecule has 1 aromatic rings. The summed E-state index contributed by atoms with van der Waals surface area (Å²) in [6, 6.07) is 5.67. The molecule has 21 heavy (non-hydrogen) atoms. The quantitative estimate of drug-likeness (QED) is 0.828. The molecule has 1 amide bonds. The standard InChI is InChI=1S/C17H27NO3/c1-7-13(4)21-15-10-9-14(11-12(15)3)18-16(19)17(5,8-2)20-6/h9-11,13H,7-8H2,1-6H3,(H,18,19)/t13-,17-/m0/s1. The van der Waals surface area contributed by atoms with Gasteiger partial charge in [0.15, 0.2) is 0 Å². The zero-order valence-electron chi connectivity index (χ0n) is 13.9. The number of methoxy groups -OCH3 is 1. The average molecular weight is 293 g/mol. The molecule has 0 unspecified atom stereocenters. The Hall–Kier alpha value is -1.55. The van der Waals surface area contributed by atoms with Gasteiger partial charge in [0, 0.05) is 12.8 Å². The highest BCUT2D eigenvalue weighted by molar-refractivity contribution is 5.97. The molecule has 1 N–H and O–H groups in total. The van der Waals surface area contributed by atoms with Crippen LogP contribution in [0.4, 0.5) is 5.69 Å². The van der Waals surface area contributed by atoms with E-state index in [1.807, 2.05) is 39.0 Å². The molecule has 0 aliphatic rings. The van der Waals surface area contributed by atoms with Crippen LogP contribution in [0, 0.1) is 6.92 Å². The number of rotatable bonds is 7. The smallest absolute Gasteiger partial charge is 0.256 e. The Balaban J connectivity index is 2.83. The molecule has 0 radical (unpaired) electrons. The molecule has 0 bridgehead atoms. The van der Waals surface area contributed by atoms with Gasteiger partial charge >= 0.3 is 0 Å². The van der Waals surface area contributed by atoms with Crippen LogP contribution in [0.15, 0.2) is 18.2 Å². The third-order valence-corrected chi connectivity index (χ3v) is 3.94. The molecule has 4 heteroatoms. The number of carbonyl (C=O) groups is 1. The molecule has 0 saturated carbocycles. The van der Waals surface area contributed by atoms with E-state index in [1.165, 1.54) is 0 Å².